The summed E-state index contributed by atoms with van der Waals surface area (Å²) in [6.07, 6.45) is -0.0903. The molecule has 2 aromatic rings. The summed E-state index contributed by atoms with van der Waals surface area (Å²) in [5.74, 6) is -0.425. The summed E-state index contributed by atoms with van der Waals surface area (Å²) >= 11 is 11.9. The minimum absolute atomic E-state index is 0.0903. The second kappa shape index (κ2) is 7.35. The van der Waals surface area contributed by atoms with Crippen molar-refractivity contribution in [2.24, 2.45) is 0 Å². The van der Waals surface area contributed by atoms with Crippen molar-refractivity contribution in [3.63, 3.8) is 0 Å². The zero-order chi connectivity index (χ0) is 17.0. The molecule has 0 saturated heterocycles. The first-order chi connectivity index (χ1) is 10.8. The molecule has 5 heteroatoms. The van der Waals surface area contributed by atoms with Crippen LogP contribution >= 0.6 is 23.2 Å². The smallest absolute Gasteiger partial charge is 0.309 e. The number of benzene rings is 2. The molecule has 0 amide bonds. The Bertz CT molecular complexity index is 694. The maximum absolute atomic E-state index is 11.6. The molecule has 2 aromatic carbocycles. The van der Waals surface area contributed by atoms with Gasteiger partial charge < -0.3 is 9.84 Å². The van der Waals surface area contributed by atoms with Gasteiger partial charge in [-0.15, -0.1) is 0 Å². The lowest BCUT2D eigenvalue weighted by molar-refractivity contribution is -0.148. The van der Waals surface area contributed by atoms with Gasteiger partial charge >= 0.3 is 5.97 Å². The standard InChI is InChI=1S/C18H18Cl2O3/c1-3-23-17(21)11-18(2,22)14-7-4-12(5-8-14)13-6-9-15(19)16(20)10-13/h4-10,22H,3,11H2,1-2H3. The van der Waals surface area contributed by atoms with Crippen LogP contribution in [0.3, 0.4) is 0 Å². The molecule has 0 fully saturated rings. The number of esters is 1. The van der Waals surface area contributed by atoms with E-state index in [1.54, 1.807) is 38.1 Å². The fourth-order valence-corrected chi connectivity index (χ4v) is 2.59. The van der Waals surface area contributed by atoms with E-state index in [9.17, 15) is 9.90 Å². The maximum atomic E-state index is 11.6. The number of carbonyl (C=O) groups is 1. The first-order valence-corrected chi connectivity index (χ1v) is 8.03. The van der Waals surface area contributed by atoms with Crippen LogP contribution < -0.4 is 0 Å². The Morgan fingerprint density at radius 3 is 2.26 bits per heavy atom. The first-order valence-electron chi connectivity index (χ1n) is 7.27. The van der Waals surface area contributed by atoms with Gasteiger partial charge in [-0.1, -0.05) is 53.5 Å². The Morgan fingerprint density at radius 1 is 1.09 bits per heavy atom. The second-order valence-corrected chi connectivity index (χ2v) is 6.28. The van der Waals surface area contributed by atoms with Gasteiger partial charge in [-0.25, -0.2) is 0 Å². The highest BCUT2D eigenvalue weighted by Gasteiger charge is 2.27. The SMILES string of the molecule is CCOC(=O)CC(C)(O)c1ccc(-c2ccc(Cl)c(Cl)c2)cc1. The molecule has 0 aliphatic carbocycles. The molecule has 2 rings (SSSR count). The van der Waals surface area contributed by atoms with Crippen LogP contribution in [0, 0.1) is 0 Å². The van der Waals surface area contributed by atoms with Crippen molar-refractivity contribution in [3.8, 4) is 11.1 Å². The van der Waals surface area contributed by atoms with Crippen molar-refractivity contribution in [2.75, 3.05) is 6.61 Å². The summed E-state index contributed by atoms with van der Waals surface area (Å²) in [6.45, 7) is 3.63. The van der Waals surface area contributed by atoms with Gasteiger partial charge in [0.25, 0.3) is 0 Å². The van der Waals surface area contributed by atoms with Gasteiger partial charge in [0.05, 0.1) is 28.7 Å². The molecule has 1 N–H and O–H groups in total. The van der Waals surface area contributed by atoms with E-state index in [4.69, 9.17) is 27.9 Å². The lowest BCUT2D eigenvalue weighted by Gasteiger charge is -2.23. The number of hydrogen-bond acceptors (Lipinski definition) is 3. The van der Waals surface area contributed by atoms with Gasteiger partial charge in [-0.2, -0.15) is 0 Å². The van der Waals surface area contributed by atoms with E-state index in [2.05, 4.69) is 0 Å². The molecule has 122 valence electrons. The van der Waals surface area contributed by atoms with Crippen LogP contribution in [0.4, 0.5) is 0 Å². The summed E-state index contributed by atoms with van der Waals surface area (Å²) in [5, 5.41) is 11.5. The van der Waals surface area contributed by atoms with Gasteiger partial charge in [0.2, 0.25) is 0 Å². The van der Waals surface area contributed by atoms with E-state index in [1.165, 1.54) is 0 Å². The quantitative estimate of drug-likeness (QED) is 0.784. The molecule has 0 bridgehead atoms. The number of halogens is 2. The molecule has 0 aliphatic heterocycles. The van der Waals surface area contributed by atoms with Gasteiger partial charge in [0, 0.05) is 0 Å². The van der Waals surface area contributed by atoms with Crippen LogP contribution in [0.25, 0.3) is 11.1 Å². The lowest BCUT2D eigenvalue weighted by atomic mass is 9.91. The van der Waals surface area contributed by atoms with Crippen molar-refractivity contribution < 1.29 is 14.6 Å². The minimum Gasteiger partial charge on any atom is -0.466 e. The fraction of sp³-hybridized carbons (Fsp3) is 0.278. The van der Waals surface area contributed by atoms with Crippen molar-refractivity contribution in [1.29, 1.82) is 0 Å². The maximum Gasteiger partial charge on any atom is 0.309 e. The van der Waals surface area contributed by atoms with Crippen LogP contribution in [-0.4, -0.2) is 17.7 Å². The number of ether oxygens (including phenoxy) is 1. The molecule has 1 unspecified atom stereocenters. The summed E-state index contributed by atoms with van der Waals surface area (Å²) in [4.78, 5) is 11.6. The molecule has 1 atom stereocenters. The van der Waals surface area contributed by atoms with Crippen molar-refractivity contribution >= 4 is 29.2 Å². The van der Waals surface area contributed by atoms with Gasteiger partial charge in [0.15, 0.2) is 0 Å². The highest BCUT2D eigenvalue weighted by Crippen LogP contribution is 2.31. The molecule has 0 aliphatic rings. The van der Waals surface area contributed by atoms with Crippen LogP contribution in [0.1, 0.15) is 25.8 Å². The topological polar surface area (TPSA) is 46.5 Å². The van der Waals surface area contributed by atoms with E-state index < -0.39 is 11.6 Å². The van der Waals surface area contributed by atoms with Crippen LogP contribution in [0.5, 0.6) is 0 Å². The van der Waals surface area contributed by atoms with Crippen LogP contribution in [0.2, 0.25) is 10.0 Å². The normalized spacial score (nSPS) is 13.4. The van der Waals surface area contributed by atoms with Gasteiger partial charge in [-0.3, -0.25) is 4.79 Å². The lowest BCUT2D eigenvalue weighted by Crippen LogP contribution is -2.26. The fourth-order valence-electron chi connectivity index (χ4n) is 2.29. The van der Waals surface area contributed by atoms with E-state index in [0.717, 1.165) is 11.1 Å². The molecule has 23 heavy (non-hydrogen) atoms. The Balaban J connectivity index is 2.21. The largest absolute Gasteiger partial charge is 0.466 e. The van der Waals surface area contributed by atoms with Crippen LogP contribution in [0.15, 0.2) is 42.5 Å². The van der Waals surface area contributed by atoms with E-state index in [0.29, 0.717) is 22.2 Å². The van der Waals surface area contributed by atoms with Crippen molar-refractivity contribution in [3.05, 3.63) is 58.1 Å². The molecule has 0 radical (unpaired) electrons. The van der Waals surface area contributed by atoms with Gasteiger partial charge in [0.1, 0.15) is 0 Å². The third kappa shape index (κ3) is 4.47. The molecule has 0 saturated carbocycles. The molecule has 0 heterocycles. The molecular formula is C18H18Cl2O3. The number of rotatable bonds is 5. The Labute approximate surface area is 145 Å². The average Bonchev–Trinajstić information content (AvgIpc) is 2.50. The van der Waals surface area contributed by atoms with Crippen molar-refractivity contribution in [2.45, 2.75) is 25.9 Å². The summed E-state index contributed by atoms with van der Waals surface area (Å²) in [7, 11) is 0. The minimum atomic E-state index is -1.28. The molecule has 0 spiro atoms. The molecular weight excluding hydrogens is 335 g/mol. The van der Waals surface area contributed by atoms with E-state index >= 15 is 0 Å². The van der Waals surface area contributed by atoms with Gasteiger partial charge in [-0.05, 0) is 42.7 Å². The first kappa shape index (κ1) is 17.8. The van der Waals surface area contributed by atoms with Crippen molar-refractivity contribution in [1.82, 2.24) is 0 Å². The zero-order valence-corrected chi connectivity index (χ0v) is 14.5. The third-order valence-electron chi connectivity index (χ3n) is 3.55. The highest BCUT2D eigenvalue weighted by atomic mass is 35.5. The predicted molar refractivity (Wildman–Crippen MR) is 92.7 cm³/mol. The summed E-state index contributed by atoms with van der Waals surface area (Å²) in [6, 6.07) is 12.7. The second-order valence-electron chi connectivity index (χ2n) is 5.46. The third-order valence-corrected chi connectivity index (χ3v) is 4.29. The Hall–Kier alpha value is -1.55. The van der Waals surface area contributed by atoms with E-state index in [-0.39, 0.29) is 6.42 Å². The van der Waals surface area contributed by atoms with E-state index in [1.807, 2.05) is 18.2 Å². The Morgan fingerprint density at radius 2 is 1.70 bits per heavy atom. The van der Waals surface area contributed by atoms with Crippen LogP contribution in [-0.2, 0) is 15.1 Å². The highest BCUT2D eigenvalue weighted by molar-refractivity contribution is 6.42. The predicted octanol–water partition coefficient (Wildman–Crippen LogP) is 4.82. The summed E-state index contributed by atoms with van der Waals surface area (Å²) < 4.78 is 4.89. The Kier molecular flexibility index (Phi) is 5.69. The molecule has 3 nitrogen and oxygen atoms in total. The summed E-state index contributed by atoms with van der Waals surface area (Å²) in [5.41, 5.74) is 1.24. The number of aliphatic hydroxyl groups is 1. The molecule has 0 aromatic heterocycles. The number of carbonyl (C=O) groups excluding carboxylic acids is 1. The number of hydrogen-bond donors (Lipinski definition) is 1. The monoisotopic (exact) mass is 352 g/mol. The average molecular weight is 353 g/mol. The zero-order valence-electron chi connectivity index (χ0n) is 13.0.